The van der Waals surface area contributed by atoms with E-state index in [9.17, 15) is 0 Å². The van der Waals surface area contributed by atoms with E-state index >= 15 is 0 Å². The average molecular weight is 336 g/mol. The van der Waals surface area contributed by atoms with Crippen LogP contribution < -0.4 is 4.74 Å². The predicted octanol–water partition coefficient (Wildman–Crippen LogP) is 3.09. The third-order valence-electron chi connectivity index (χ3n) is 4.33. The maximum atomic E-state index is 5.61. The van der Waals surface area contributed by atoms with E-state index in [0.717, 1.165) is 30.8 Å². The summed E-state index contributed by atoms with van der Waals surface area (Å²) < 4.78 is 11.0. The van der Waals surface area contributed by atoms with Crippen LogP contribution >= 0.6 is 0 Å². The van der Waals surface area contributed by atoms with Crippen molar-refractivity contribution in [3.8, 4) is 17.1 Å². The molecule has 6 heteroatoms. The highest BCUT2D eigenvalue weighted by atomic mass is 16.5. The molecule has 128 valence electrons. The smallest absolute Gasteiger partial charge is 0.241 e. The summed E-state index contributed by atoms with van der Waals surface area (Å²) >= 11 is 0. The van der Waals surface area contributed by atoms with Crippen LogP contribution in [0.2, 0.25) is 0 Å². The van der Waals surface area contributed by atoms with Crippen LogP contribution in [-0.2, 0) is 19.5 Å². The predicted molar refractivity (Wildman–Crippen MR) is 93.0 cm³/mol. The summed E-state index contributed by atoms with van der Waals surface area (Å²) in [5, 5.41) is 4.06. The van der Waals surface area contributed by atoms with Crippen LogP contribution in [0.4, 0.5) is 0 Å². The molecule has 0 N–H and O–H groups in total. The van der Waals surface area contributed by atoms with Gasteiger partial charge in [-0.2, -0.15) is 4.98 Å². The third-order valence-corrected chi connectivity index (χ3v) is 4.33. The molecule has 1 aromatic carbocycles. The molecule has 1 aliphatic heterocycles. The van der Waals surface area contributed by atoms with Crippen molar-refractivity contribution < 1.29 is 9.26 Å². The van der Waals surface area contributed by atoms with Crippen LogP contribution in [0, 0.1) is 0 Å². The summed E-state index contributed by atoms with van der Waals surface area (Å²) in [5.41, 5.74) is 3.56. The molecule has 0 atom stereocenters. The van der Waals surface area contributed by atoms with Gasteiger partial charge in [0, 0.05) is 31.0 Å². The summed E-state index contributed by atoms with van der Waals surface area (Å²) in [7, 11) is 0. The molecule has 0 unspecified atom stereocenters. The molecule has 0 spiro atoms. The Morgan fingerprint density at radius 1 is 1.24 bits per heavy atom. The van der Waals surface area contributed by atoms with E-state index in [1.165, 1.54) is 11.1 Å². The van der Waals surface area contributed by atoms with Crippen molar-refractivity contribution in [2.24, 2.45) is 0 Å². The quantitative estimate of drug-likeness (QED) is 0.713. The van der Waals surface area contributed by atoms with Crippen molar-refractivity contribution in [2.75, 3.05) is 13.2 Å². The largest absolute Gasteiger partial charge is 0.494 e. The molecular formula is C19H20N4O2. The molecule has 0 bridgehead atoms. The molecule has 25 heavy (non-hydrogen) atoms. The Morgan fingerprint density at radius 3 is 3.04 bits per heavy atom. The topological polar surface area (TPSA) is 64.3 Å². The zero-order valence-electron chi connectivity index (χ0n) is 14.2. The second-order valence-electron chi connectivity index (χ2n) is 6.08. The Bertz CT molecular complexity index is 848. The molecule has 6 nitrogen and oxygen atoms in total. The number of aromatic nitrogens is 3. The number of hydrogen-bond acceptors (Lipinski definition) is 6. The van der Waals surface area contributed by atoms with Gasteiger partial charge < -0.3 is 9.26 Å². The van der Waals surface area contributed by atoms with Crippen molar-refractivity contribution in [2.45, 2.75) is 26.4 Å². The molecule has 0 radical (unpaired) electrons. The first-order valence-corrected chi connectivity index (χ1v) is 8.52. The van der Waals surface area contributed by atoms with Gasteiger partial charge in [0.2, 0.25) is 11.7 Å². The van der Waals surface area contributed by atoms with E-state index < -0.39 is 0 Å². The first-order chi connectivity index (χ1) is 12.3. The lowest BCUT2D eigenvalue weighted by Crippen LogP contribution is -2.30. The monoisotopic (exact) mass is 336 g/mol. The fraction of sp³-hybridized carbons (Fsp3) is 0.316. The second-order valence-corrected chi connectivity index (χ2v) is 6.08. The first-order valence-electron chi connectivity index (χ1n) is 8.52. The van der Waals surface area contributed by atoms with Gasteiger partial charge in [-0.3, -0.25) is 9.88 Å². The average Bonchev–Trinajstić information content (AvgIpc) is 3.11. The summed E-state index contributed by atoms with van der Waals surface area (Å²) in [6.45, 7) is 5.17. The van der Waals surface area contributed by atoms with Gasteiger partial charge in [0.1, 0.15) is 5.75 Å². The van der Waals surface area contributed by atoms with E-state index in [1.54, 1.807) is 12.4 Å². The number of ether oxygens (including phenoxy) is 1. The number of hydrogen-bond donors (Lipinski definition) is 0. The highest BCUT2D eigenvalue weighted by Crippen LogP contribution is 2.25. The van der Waals surface area contributed by atoms with Gasteiger partial charge >= 0.3 is 0 Å². The van der Waals surface area contributed by atoms with E-state index in [-0.39, 0.29) is 0 Å². The summed E-state index contributed by atoms with van der Waals surface area (Å²) in [5.74, 6) is 2.14. The summed E-state index contributed by atoms with van der Waals surface area (Å²) in [4.78, 5) is 10.9. The van der Waals surface area contributed by atoms with Crippen LogP contribution in [0.1, 0.15) is 23.9 Å². The van der Waals surface area contributed by atoms with E-state index in [1.807, 2.05) is 19.1 Å². The maximum absolute atomic E-state index is 5.61. The minimum atomic E-state index is 0.583. The highest BCUT2D eigenvalue weighted by Gasteiger charge is 2.19. The molecule has 1 aliphatic rings. The van der Waals surface area contributed by atoms with Gasteiger partial charge in [0.15, 0.2) is 0 Å². The van der Waals surface area contributed by atoms with Gasteiger partial charge in [0.25, 0.3) is 0 Å². The van der Waals surface area contributed by atoms with Gasteiger partial charge in [-0.05, 0) is 48.7 Å². The minimum Gasteiger partial charge on any atom is -0.494 e. The molecule has 3 heterocycles. The normalized spacial score (nSPS) is 14.3. The van der Waals surface area contributed by atoms with E-state index in [0.29, 0.717) is 24.9 Å². The molecule has 0 saturated carbocycles. The number of benzene rings is 1. The molecule has 2 aromatic heterocycles. The zero-order chi connectivity index (χ0) is 17.1. The number of fused-ring (bicyclic) bond motifs is 1. The Balaban J connectivity index is 1.46. The van der Waals surface area contributed by atoms with Crippen molar-refractivity contribution in [1.29, 1.82) is 0 Å². The van der Waals surface area contributed by atoms with Crippen molar-refractivity contribution in [3.63, 3.8) is 0 Å². The van der Waals surface area contributed by atoms with Gasteiger partial charge in [-0.1, -0.05) is 11.2 Å². The lowest BCUT2D eigenvalue weighted by atomic mass is 9.99. The van der Waals surface area contributed by atoms with Gasteiger partial charge in [0.05, 0.1) is 13.2 Å². The first kappa shape index (κ1) is 15.8. The number of nitrogens with zero attached hydrogens (tertiary/aromatic N) is 4. The van der Waals surface area contributed by atoms with Crippen LogP contribution in [-0.4, -0.2) is 33.2 Å². The fourth-order valence-corrected chi connectivity index (χ4v) is 3.11. The van der Waals surface area contributed by atoms with Crippen molar-refractivity contribution in [1.82, 2.24) is 20.0 Å². The maximum Gasteiger partial charge on any atom is 0.241 e. The lowest BCUT2D eigenvalue weighted by Gasteiger charge is -2.27. The van der Waals surface area contributed by atoms with Crippen LogP contribution in [0.25, 0.3) is 11.4 Å². The van der Waals surface area contributed by atoms with Crippen molar-refractivity contribution >= 4 is 0 Å². The summed E-state index contributed by atoms with van der Waals surface area (Å²) in [6.07, 6.45) is 4.48. The minimum absolute atomic E-state index is 0.583. The molecule has 0 saturated heterocycles. The molecular weight excluding hydrogens is 316 g/mol. The standard InChI is InChI=1S/C19H20N4O2/c1-2-24-17-6-5-14-7-9-23(12-16(14)10-17)13-18-21-19(22-25-18)15-4-3-8-20-11-15/h3-6,8,10-11H,2,7,9,12-13H2,1H3. The molecule has 3 aromatic rings. The third kappa shape index (κ3) is 3.53. The highest BCUT2D eigenvalue weighted by molar-refractivity contribution is 5.51. The molecule has 0 fully saturated rings. The molecule has 0 aliphatic carbocycles. The SMILES string of the molecule is CCOc1ccc2c(c1)CN(Cc1nc(-c3cccnc3)no1)CC2. The zero-order valence-corrected chi connectivity index (χ0v) is 14.2. The Labute approximate surface area is 146 Å². The summed E-state index contributed by atoms with van der Waals surface area (Å²) in [6, 6.07) is 10.2. The fourth-order valence-electron chi connectivity index (χ4n) is 3.11. The molecule has 0 amide bonds. The van der Waals surface area contributed by atoms with Gasteiger partial charge in [-0.25, -0.2) is 0 Å². The van der Waals surface area contributed by atoms with Gasteiger partial charge in [-0.15, -0.1) is 0 Å². The second kappa shape index (κ2) is 7.03. The van der Waals surface area contributed by atoms with Crippen LogP contribution in [0.5, 0.6) is 5.75 Å². The number of rotatable bonds is 5. The molecule has 4 rings (SSSR count). The van der Waals surface area contributed by atoms with E-state index in [2.05, 4.69) is 38.2 Å². The number of pyridine rings is 1. The van der Waals surface area contributed by atoms with Crippen molar-refractivity contribution in [3.05, 3.63) is 59.7 Å². The van der Waals surface area contributed by atoms with Crippen LogP contribution in [0.15, 0.2) is 47.2 Å². The Kier molecular flexibility index (Phi) is 4.43. The van der Waals surface area contributed by atoms with Crippen LogP contribution in [0.3, 0.4) is 0 Å². The Morgan fingerprint density at radius 2 is 2.20 bits per heavy atom. The van der Waals surface area contributed by atoms with E-state index in [4.69, 9.17) is 9.26 Å². The Hall–Kier alpha value is -2.73. The lowest BCUT2D eigenvalue weighted by molar-refractivity contribution is 0.210.